The van der Waals surface area contributed by atoms with Gasteiger partial charge >= 0.3 is 6.03 Å². The van der Waals surface area contributed by atoms with Gasteiger partial charge in [-0.3, -0.25) is 0 Å². The molecule has 0 unspecified atom stereocenters. The van der Waals surface area contributed by atoms with E-state index in [4.69, 9.17) is 5.73 Å². The molecule has 1 aromatic rings. The number of amides is 2. The monoisotopic (exact) mass is 358 g/mol. The molecule has 1 aromatic carbocycles. The van der Waals surface area contributed by atoms with Gasteiger partial charge in [0.25, 0.3) is 0 Å². The number of carbonyl (C=O) groups excluding carboxylic acids is 1. The van der Waals surface area contributed by atoms with Crippen LogP contribution in [0, 0.1) is 5.92 Å². The lowest BCUT2D eigenvalue weighted by Gasteiger charge is -2.33. The maximum atomic E-state index is 12.4. The molecule has 0 bridgehead atoms. The van der Waals surface area contributed by atoms with Crippen LogP contribution in [0.1, 0.15) is 50.5 Å². The van der Waals surface area contributed by atoms with E-state index in [2.05, 4.69) is 34.9 Å². The van der Waals surface area contributed by atoms with Gasteiger partial charge in [-0.1, -0.05) is 31.4 Å². The Bertz CT molecular complexity index is 546. The van der Waals surface area contributed by atoms with Crippen molar-refractivity contribution in [2.45, 2.75) is 57.4 Å². The highest BCUT2D eigenvalue weighted by Gasteiger charge is 2.23. The van der Waals surface area contributed by atoms with Crippen LogP contribution in [0.25, 0.3) is 0 Å². The van der Waals surface area contributed by atoms with Crippen LogP contribution in [-0.2, 0) is 6.42 Å². The van der Waals surface area contributed by atoms with Crippen LogP contribution in [0.2, 0.25) is 0 Å². The topological polar surface area (TPSA) is 70.4 Å². The first-order valence-corrected chi connectivity index (χ1v) is 10.3. The van der Waals surface area contributed by atoms with Gasteiger partial charge in [0.15, 0.2) is 0 Å². The zero-order chi connectivity index (χ0) is 18.2. The number of carbonyl (C=O) groups is 1. The Kier molecular flexibility index (Phi) is 7.18. The lowest BCUT2D eigenvalue weighted by Crippen LogP contribution is -2.47. The van der Waals surface area contributed by atoms with Gasteiger partial charge in [-0.25, -0.2) is 4.79 Å². The summed E-state index contributed by atoms with van der Waals surface area (Å²) in [5, 5.41) is 6.76. The molecule has 144 valence electrons. The zero-order valence-corrected chi connectivity index (χ0v) is 15.9. The van der Waals surface area contributed by atoms with E-state index in [-0.39, 0.29) is 6.03 Å². The average Bonchev–Trinajstić information content (AvgIpc) is 2.69. The third-order valence-corrected chi connectivity index (χ3v) is 5.81. The van der Waals surface area contributed by atoms with E-state index in [0.717, 1.165) is 44.6 Å². The number of nitrogens with one attached hydrogen (secondary N) is 2. The third-order valence-electron chi connectivity index (χ3n) is 5.81. The summed E-state index contributed by atoms with van der Waals surface area (Å²) in [5.41, 5.74) is 8.03. The van der Waals surface area contributed by atoms with Gasteiger partial charge in [-0.05, 0) is 62.3 Å². The number of piperidine rings is 1. The largest absolute Gasteiger partial charge is 0.382 e. The van der Waals surface area contributed by atoms with Gasteiger partial charge in [0.05, 0.1) is 0 Å². The number of urea groups is 1. The first kappa shape index (κ1) is 19.0. The van der Waals surface area contributed by atoms with Crippen molar-refractivity contribution in [2.75, 3.05) is 31.5 Å². The Morgan fingerprint density at radius 3 is 2.38 bits per heavy atom. The fourth-order valence-corrected chi connectivity index (χ4v) is 4.13. The van der Waals surface area contributed by atoms with Crippen molar-refractivity contribution in [3.63, 3.8) is 0 Å². The minimum Gasteiger partial charge on any atom is -0.382 e. The highest BCUT2D eigenvalue weighted by Crippen LogP contribution is 2.23. The average molecular weight is 359 g/mol. The molecule has 2 amide bonds. The summed E-state index contributed by atoms with van der Waals surface area (Å²) in [6.07, 6.45) is 9.49. The zero-order valence-electron chi connectivity index (χ0n) is 15.9. The molecule has 0 radical (unpaired) electrons. The maximum Gasteiger partial charge on any atom is 0.317 e. The standard InChI is InChI=1S/C21H34N4O/c22-13-10-17-6-8-19(9-7-17)24-20-11-14-25(15-12-20)21(26)23-16-18-4-2-1-3-5-18/h6-9,18,20,24H,1-5,10-16,22H2,(H,23,26). The second kappa shape index (κ2) is 9.81. The summed E-state index contributed by atoms with van der Waals surface area (Å²) in [7, 11) is 0. The van der Waals surface area contributed by atoms with E-state index in [1.165, 1.54) is 37.7 Å². The lowest BCUT2D eigenvalue weighted by atomic mass is 9.89. The Labute approximate surface area is 157 Å². The fourth-order valence-electron chi connectivity index (χ4n) is 4.13. The van der Waals surface area contributed by atoms with Crippen LogP contribution >= 0.6 is 0 Å². The summed E-state index contributed by atoms with van der Waals surface area (Å²) in [5.74, 6) is 0.689. The Morgan fingerprint density at radius 1 is 1.04 bits per heavy atom. The van der Waals surface area contributed by atoms with Gasteiger partial charge in [-0.2, -0.15) is 0 Å². The van der Waals surface area contributed by atoms with Crippen LogP contribution in [0.4, 0.5) is 10.5 Å². The predicted octanol–water partition coefficient (Wildman–Crippen LogP) is 3.35. The van der Waals surface area contributed by atoms with Crippen molar-refractivity contribution in [2.24, 2.45) is 11.7 Å². The van der Waals surface area contributed by atoms with E-state index in [1.54, 1.807) is 0 Å². The van der Waals surface area contributed by atoms with E-state index < -0.39 is 0 Å². The summed E-state index contributed by atoms with van der Waals surface area (Å²) in [4.78, 5) is 14.4. The van der Waals surface area contributed by atoms with Crippen LogP contribution in [-0.4, -0.2) is 43.2 Å². The van der Waals surface area contributed by atoms with Crippen LogP contribution in [0.15, 0.2) is 24.3 Å². The molecule has 26 heavy (non-hydrogen) atoms. The number of hydrogen-bond donors (Lipinski definition) is 3. The smallest absolute Gasteiger partial charge is 0.317 e. The summed E-state index contributed by atoms with van der Waals surface area (Å²) < 4.78 is 0. The van der Waals surface area contributed by atoms with Crippen molar-refractivity contribution in [1.29, 1.82) is 0 Å². The number of nitrogens with two attached hydrogens (primary N) is 1. The molecular formula is C21H34N4O. The molecule has 4 N–H and O–H groups in total. The molecule has 0 aromatic heterocycles. The molecule has 0 spiro atoms. The lowest BCUT2D eigenvalue weighted by molar-refractivity contribution is 0.180. The van der Waals surface area contributed by atoms with Gasteiger partial charge in [0, 0.05) is 31.4 Å². The molecule has 0 atom stereocenters. The van der Waals surface area contributed by atoms with Crippen molar-refractivity contribution in [1.82, 2.24) is 10.2 Å². The first-order valence-electron chi connectivity index (χ1n) is 10.3. The van der Waals surface area contributed by atoms with Gasteiger partial charge in [0.2, 0.25) is 0 Å². The molecule has 2 aliphatic rings. The van der Waals surface area contributed by atoms with Crippen LogP contribution < -0.4 is 16.4 Å². The van der Waals surface area contributed by atoms with Crippen molar-refractivity contribution >= 4 is 11.7 Å². The van der Waals surface area contributed by atoms with Crippen molar-refractivity contribution in [3.05, 3.63) is 29.8 Å². The molecule has 1 saturated carbocycles. The minimum atomic E-state index is 0.125. The Morgan fingerprint density at radius 2 is 1.73 bits per heavy atom. The van der Waals surface area contributed by atoms with E-state index in [9.17, 15) is 4.79 Å². The molecule has 1 aliphatic carbocycles. The molecular weight excluding hydrogens is 324 g/mol. The quantitative estimate of drug-likeness (QED) is 0.730. The molecule has 1 aliphatic heterocycles. The van der Waals surface area contributed by atoms with E-state index >= 15 is 0 Å². The number of benzene rings is 1. The highest BCUT2D eigenvalue weighted by molar-refractivity contribution is 5.74. The fraction of sp³-hybridized carbons (Fsp3) is 0.667. The molecule has 2 fully saturated rings. The van der Waals surface area contributed by atoms with Crippen LogP contribution in [0.5, 0.6) is 0 Å². The Hall–Kier alpha value is -1.75. The molecule has 5 nitrogen and oxygen atoms in total. The second-order valence-corrected chi connectivity index (χ2v) is 7.83. The maximum absolute atomic E-state index is 12.4. The van der Waals surface area contributed by atoms with Crippen molar-refractivity contribution < 1.29 is 4.79 Å². The molecule has 1 heterocycles. The second-order valence-electron chi connectivity index (χ2n) is 7.83. The third kappa shape index (κ3) is 5.63. The van der Waals surface area contributed by atoms with Gasteiger partial charge in [0.1, 0.15) is 0 Å². The number of rotatable bonds is 6. The van der Waals surface area contributed by atoms with E-state index in [0.29, 0.717) is 18.5 Å². The number of nitrogens with zero attached hydrogens (tertiary/aromatic N) is 1. The molecule has 1 saturated heterocycles. The minimum absolute atomic E-state index is 0.125. The number of likely N-dealkylation sites (tertiary alicyclic amines) is 1. The number of hydrogen-bond acceptors (Lipinski definition) is 3. The highest BCUT2D eigenvalue weighted by atomic mass is 16.2. The predicted molar refractivity (Wildman–Crippen MR) is 107 cm³/mol. The van der Waals surface area contributed by atoms with Crippen molar-refractivity contribution in [3.8, 4) is 0 Å². The normalized spacial score (nSPS) is 19.3. The van der Waals surface area contributed by atoms with Gasteiger partial charge < -0.3 is 21.3 Å². The summed E-state index contributed by atoms with van der Waals surface area (Å²) in [6.45, 7) is 3.21. The van der Waals surface area contributed by atoms with Crippen LogP contribution in [0.3, 0.4) is 0 Å². The number of anilines is 1. The molecule has 5 heteroatoms. The summed E-state index contributed by atoms with van der Waals surface area (Å²) >= 11 is 0. The SMILES string of the molecule is NCCc1ccc(NC2CCN(C(=O)NCC3CCCCC3)CC2)cc1. The first-order chi connectivity index (χ1) is 12.7. The Balaban J connectivity index is 1.37. The summed E-state index contributed by atoms with van der Waals surface area (Å²) in [6, 6.07) is 9.12. The molecule has 3 rings (SSSR count). The van der Waals surface area contributed by atoms with Gasteiger partial charge in [-0.15, -0.1) is 0 Å². The van der Waals surface area contributed by atoms with E-state index in [1.807, 2.05) is 4.90 Å².